The second kappa shape index (κ2) is 10.7. The Labute approximate surface area is 190 Å². The van der Waals surface area contributed by atoms with Crippen LogP contribution in [0.25, 0.3) is 0 Å². The van der Waals surface area contributed by atoms with Crippen molar-refractivity contribution in [2.24, 2.45) is 0 Å². The van der Waals surface area contributed by atoms with Crippen molar-refractivity contribution in [2.45, 2.75) is 29.1 Å². The van der Waals surface area contributed by atoms with Crippen molar-refractivity contribution in [1.29, 1.82) is 0 Å². The SMILES string of the molecule is O=C(NO)C1(S(=O)(=O)c2ccc(OCCOCc3cccc([N+](=O)[O-])c3)cc2)CCOCC1. The number of amides is 1. The van der Waals surface area contributed by atoms with Gasteiger partial charge < -0.3 is 14.2 Å². The lowest BCUT2D eigenvalue weighted by molar-refractivity contribution is -0.384. The Hall–Kier alpha value is -3.06. The number of hydroxylamine groups is 1. The second-order valence-corrected chi connectivity index (χ2v) is 9.61. The second-order valence-electron chi connectivity index (χ2n) is 7.35. The number of benzene rings is 2. The molecule has 0 saturated carbocycles. The van der Waals surface area contributed by atoms with Crippen molar-refractivity contribution in [1.82, 2.24) is 5.48 Å². The quantitative estimate of drug-likeness (QED) is 0.225. The minimum absolute atomic E-state index is 0.0126. The normalized spacial score (nSPS) is 15.5. The molecule has 2 aromatic carbocycles. The minimum atomic E-state index is -4.10. The Morgan fingerprint density at radius 1 is 1.15 bits per heavy atom. The van der Waals surface area contributed by atoms with E-state index in [-0.39, 0.29) is 56.5 Å². The van der Waals surface area contributed by atoms with Crippen LogP contribution in [0.2, 0.25) is 0 Å². The van der Waals surface area contributed by atoms with Gasteiger partial charge in [0.1, 0.15) is 12.4 Å². The van der Waals surface area contributed by atoms with Crippen LogP contribution in [0.5, 0.6) is 5.75 Å². The van der Waals surface area contributed by atoms with E-state index in [2.05, 4.69) is 0 Å². The zero-order chi connectivity index (χ0) is 23.9. The monoisotopic (exact) mass is 480 g/mol. The first kappa shape index (κ1) is 24.6. The van der Waals surface area contributed by atoms with Gasteiger partial charge in [-0.2, -0.15) is 0 Å². The van der Waals surface area contributed by atoms with Gasteiger partial charge in [-0.15, -0.1) is 0 Å². The van der Waals surface area contributed by atoms with Gasteiger partial charge in [-0.05, 0) is 42.7 Å². The Morgan fingerprint density at radius 3 is 2.48 bits per heavy atom. The van der Waals surface area contributed by atoms with Gasteiger partial charge in [0.25, 0.3) is 11.6 Å². The lowest BCUT2D eigenvalue weighted by Crippen LogP contribution is -2.54. The van der Waals surface area contributed by atoms with Crippen LogP contribution in [0.3, 0.4) is 0 Å². The van der Waals surface area contributed by atoms with E-state index >= 15 is 0 Å². The van der Waals surface area contributed by atoms with E-state index in [0.717, 1.165) is 0 Å². The van der Waals surface area contributed by atoms with Gasteiger partial charge in [0.05, 0.1) is 23.0 Å². The van der Waals surface area contributed by atoms with Crippen molar-refractivity contribution in [3.05, 3.63) is 64.2 Å². The number of ether oxygens (including phenoxy) is 3. The lowest BCUT2D eigenvalue weighted by atomic mass is 9.98. The third-order valence-electron chi connectivity index (χ3n) is 5.35. The van der Waals surface area contributed by atoms with E-state index in [1.807, 2.05) is 0 Å². The zero-order valence-electron chi connectivity index (χ0n) is 17.6. The highest BCUT2D eigenvalue weighted by Gasteiger charge is 2.52. The Bertz CT molecular complexity index is 1080. The standard InChI is InChI=1S/C21H24N2O9S/c24-20(22-25)21(8-10-30-11-9-21)33(28,29)19-6-4-18(5-7-19)32-13-12-31-15-16-2-1-3-17(14-16)23(26)27/h1-7,14,25H,8-13,15H2,(H,22,24). The van der Waals surface area contributed by atoms with Crippen molar-refractivity contribution < 1.29 is 37.6 Å². The fraction of sp³-hybridized carbons (Fsp3) is 0.381. The number of hydrogen-bond donors (Lipinski definition) is 2. The first-order chi connectivity index (χ1) is 15.8. The van der Waals surface area contributed by atoms with E-state index in [0.29, 0.717) is 11.3 Å². The molecule has 1 amide bonds. The van der Waals surface area contributed by atoms with Crippen LogP contribution in [0.4, 0.5) is 5.69 Å². The number of nitro groups is 1. The summed E-state index contributed by atoms with van der Waals surface area (Å²) in [6.07, 6.45) is -0.135. The van der Waals surface area contributed by atoms with Gasteiger partial charge in [-0.25, -0.2) is 13.9 Å². The number of non-ortho nitro benzene ring substituents is 1. The van der Waals surface area contributed by atoms with E-state index in [1.54, 1.807) is 12.1 Å². The fourth-order valence-corrected chi connectivity index (χ4v) is 5.47. The maximum absolute atomic E-state index is 13.2. The van der Waals surface area contributed by atoms with Gasteiger partial charge in [0.15, 0.2) is 14.6 Å². The van der Waals surface area contributed by atoms with E-state index in [4.69, 9.17) is 19.4 Å². The highest BCUT2D eigenvalue weighted by atomic mass is 32.2. The molecule has 1 aliphatic rings. The maximum atomic E-state index is 13.2. The molecular formula is C21H24N2O9S. The van der Waals surface area contributed by atoms with E-state index < -0.39 is 25.4 Å². The number of sulfone groups is 1. The first-order valence-corrected chi connectivity index (χ1v) is 11.6. The summed E-state index contributed by atoms with van der Waals surface area (Å²) in [5, 5.41) is 19.9. The van der Waals surface area contributed by atoms with Crippen LogP contribution in [0, 0.1) is 10.1 Å². The molecule has 1 saturated heterocycles. The Kier molecular flexibility index (Phi) is 7.97. The summed E-state index contributed by atoms with van der Waals surface area (Å²) < 4.78 is 40.8. The van der Waals surface area contributed by atoms with E-state index in [1.165, 1.54) is 41.9 Å². The molecule has 3 rings (SSSR count). The molecule has 0 aromatic heterocycles. The van der Waals surface area contributed by atoms with Gasteiger partial charge in [-0.3, -0.25) is 20.1 Å². The molecule has 2 N–H and O–H groups in total. The highest BCUT2D eigenvalue weighted by molar-refractivity contribution is 7.93. The largest absolute Gasteiger partial charge is 0.491 e. The van der Waals surface area contributed by atoms with Crippen LogP contribution in [-0.2, 0) is 30.7 Å². The summed E-state index contributed by atoms with van der Waals surface area (Å²) in [6, 6.07) is 11.8. The fourth-order valence-electron chi connectivity index (χ4n) is 3.53. The number of hydrogen-bond acceptors (Lipinski definition) is 9. The molecule has 11 nitrogen and oxygen atoms in total. The molecule has 0 bridgehead atoms. The molecule has 2 aromatic rings. The third-order valence-corrected chi connectivity index (χ3v) is 7.87. The number of carbonyl (C=O) groups excluding carboxylic acids is 1. The summed E-state index contributed by atoms with van der Waals surface area (Å²) in [4.78, 5) is 22.5. The maximum Gasteiger partial charge on any atom is 0.269 e. The number of nitro benzene ring substituents is 1. The number of nitrogens with one attached hydrogen (secondary N) is 1. The molecule has 0 radical (unpaired) electrons. The molecule has 0 aliphatic carbocycles. The number of carbonyl (C=O) groups is 1. The Balaban J connectivity index is 1.56. The van der Waals surface area contributed by atoms with Gasteiger partial charge in [-0.1, -0.05) is 12.1 Å². The van der Waals surface area contributed by atoms with Gasteiger partial charge >= 0.3 is 0 Å². The molecule has 1 aliphatic heterocycles. The summed E-state index contributed by atoms with van der Waals surface area (Å²) in [6.45, 7) is 0.743. The highest BCUT2D eigenvalue weighted by Crippen LogP contribution is 2.35. The Morgan fingerprint density at radius 2 is 1.85 bits per heavy atom. The van der Waals surface area contributed by atoms with Crippen LogP contribution in [0.1, 0.15) is 18.4 Å². The molecular weight excluding hydrogens is 456 g/mol. The van der Waals surface area contributed by atoms with Crippen LogP contribution < -0.4 is 10.2 Å². The van der Waals surface area contributed by atoms with E-state index in [9.17, 15) is 23.3 Å². The summed E-state index contributed by atoms with van der Waals surface area (Å²) in [5.41, 5.74) is 2.12. The van der Waals surface area contributed by atoms with Crippen molar-refractivity contribution in [3.63, 3.8) is 0 Å². The first-order valence-electron chi connectivity index (χ1n) is 10.1. The van der Waals surface area contributed by atoms with Crippen molar-refractivity contribution >= 4 is 21.4 Å². The van der Waals surface area contributed by atoms with Crippen LogP contribution >= 0.6 is 0 Å². The predicted molar refractivity (Wildman–Crippen MR) is 115 cm³/mol. The molecule has 12 heteroatoms. The summed E-state index contributed by atoms with van der Waals surface area (Å²) in [5.74, 6) is -0.576. The van der Waals surface area contributed by atoms with Gasteiger partial charge in [0, 0.05) is 25.3 Å². The molecule has 178 valence electrons. The smallest absolute Gasteiger partial charge is 0.269 e. The molecule has 0 unspecified atom stereocenters. The lowest BCUT2D eigenvalue weighted by Gasteiger charge is -2.34. The molecule has 33 heavy (non-hydrogen) atoms. The zero-order valence-corrected chi connectivity index (χ0v) is 18.5. The molecule has 0 spiro atoms. The molecule has 1 heterocycles. The predicted octanol–water partition coefficient (Wildman–Crippen LogP) is 2.02. The van der Waals surface area contributed by atoms with Crippen molar-refractivity contribution in [2.75, 3.05) is 26.4 Å². The van der Waals surface area contributed by atoms with Crippen LogP contribution in [-0.4, -0.2) is 55.6 Å². The molecule has 1 fully saturated rings. The number of rotatable bonds is 10. The minimum Gasteiger partial charge on any atom is -0.491 e. The van der Waals surface area contributed by atoms with Crippen LogP contribution in [0.15, 0.2) is 53.4 Å². The third kappa shape index (κ3) is 5.47. The van der Waals surface area contributed by atoms with Crippen molar-refractivity contribution in [3.8, 4) is 5.75 Å². The average Bonchev–Trinajstić information content (AvgIpc) is 2.84. The summed E-state index contributed by atoms with van der Waals surface area (Å²) >= 11 is 0. The average molecular weight is 480 g/mol. The number of nitrogens with zero attached hydrogens (tertiary/aromatic N) is 1. The van der Waals surface area contributed by atoms with Gasteiger partial charge in [0.2, 0.25) is 0 Å². The summed E-state index contributed by atoms with van der Waals surface area (Å²) in [7, 11) is -4.10. The topological polar surface area (TPSA) is 154 Å². The molecule has 0 atom stereocenters.